The van der Waals surface area contributed by atoms with Crippen molar-refractivity contribution >= 4 is 0 Å². The quantitative estimate of drug-likeness (QED) is 0.122. The Morgan fingerprint density at radius 1 is 0.925 bits per heavy atom. The second kappa shape index (κ2) is 24.1. The monoisotopic (exact) mass is 552 g/mol. The van der Waals surface area contributed by atoms with Crippen LogP contribution in [-0.2, 0) is 11.2 Å². The number of ether oxygens (including phenoxy) is 1. The van der Waals surface area contributed by atoms with Crippen LogP contribution in [0.25, 0.3) is 0 Å². The molecule has 2 aliphatic rings. The predicted octanol–water partition coefficient (Wildman–Crippen LogP) is 10.6. The van der Waals surface area contributed by atoms with Crippen molar-refractivity contribution in [3.63, 3.8) is 0 Å². The predicted molar refractivity (Wildman–Crippen MR) is 178 cm³/mol. The average Bonchev–Trinajstić information content (AvgIpc) is 3.36. The van der Waals surface area contributed by atoms with Crippen molar-refractivity contribution < 1.29 is 4.74 Å². The third kappa shape index (κ3) is 16.0. The Morgan fingerprint density at radius 3 is 2.27 bits per heavy atom. The lowest BCUT2D eigenvalue weighted by molar-refractivity contribution is 0.0374. The number of allylic oxidation sites excluding steroid dienone is 1. The minimum Gasteiger partial charge on any atom is -0.379 e. The van der Waals surface area contributed by atoms with E-state index in [2.05, 4.69) is 68.4 Å². The van der Waals surface area contributed by atoms with Crippen LogP contribution in [0.5, 0.6) is 0 Å². The minimum absolute atomic E-state index is 0.828. The normalized spacial score (nSPS) is 20.4. The fraction of sp³-hybridized carbons (Fsp3) is 0.737. The van der Waals surface area contributed by atoms with E-state index in [1.54, 1.807) is 5.56 Å². The summed E-state index contributed by atoms with van der Waals surface area (Å²) in [5.41, 5.74) is 4.53. The summed E-state index contributed by atoms with van der Waals surface area (Å²) in [6.45, 7) is 22.3. The molecule has 2 nitrogen and oxygen atoms in total. The SMILES string of the molecule is C=C(CCCC#CC)CCCN1CCOCC1.CC.CCCCCCc1ccc(C2CC(C)CC2CCC)cc1. The maximum Gasteiger partial charge on any atom is 0.0594 e. The van der Waals surface area contributed by atoms with Crippen molar-refractivity contribution in [2.45, 2.75) is 137 Å². The summed E-state index contributed by atoms with van der Waals surface area (Å²) in [5.74, 6) is 8.70. The lowest BCUT2D eigenvalue weighted by atomic mass is 9.85. The van der Waals surface area contributed by atoms with Crippen LogP contribution in [0.3, 0.4) is 0 Å². The van der Waals surface area contributed by atoms with Gasteiger partial charge in [0.15, 0.2) is 0 Å². The van der Waals surface area contributed by atoms with E-state index in [-0.39, 0.29) is 0 Å². The number of nitrogens with zero attached hydrogens (tertiary/aromatic N) is 1. The largest absolute Gasteiger partial charge is 0.379 e. The molecule has 1 heterocycles. The van der Waals surface area contributed by atoms with Crippen LogP contribution in [0.1, 0.15) is 142 Å². The summed E-state index contributed by atoms with van der Waals surface area (Å²) in [4.78, 5) is 2.49. The van der Waals surface area contributed by atoms with E-state index in [0.29, 0.717) is 0 Å². The smallest absolute Gasteiger partial charge is 0.0594 e. The van der Waals surface area contributed by atoms with Crippen LogP contribution in [0.4, 0.5) is 0 Å². The molecule has 0 spiro atoms. The first kappa shape index (κ1) is 36.5. The number of hydrogen-bond donors (Lipinski definition) is 0. The van der Waals surface area contributed by atoms with Gasteiger partial charge < -0.3 is 4.74 Å². The molecule has 3 unspecified atom stereocenters. The summed E-state index contributed by atoms with van der Waals surface area (Å²) >= 11 is 0. The van der Waals surface area contributed by atoms with Crippen molar-refractivity contribution in [2.75, 3.05) is 32.8 Å². The van der Waals surface area contributed by atoms with Gasteiger partial charge in [-0.15, -0.1) is 11.8 Å². The van der Waals surface area contributed by atoms with E-state index >= 15 is 0 Å². The first-order valence-corrected chi connectivity index (χ1v) is 17.0. The van der Waals surface area contributed by atoms with Crippen LogP contribution in [0.2, 0.25) is 0 Å². The molecule has 1 aliphatic heterocycles. The van der Waals surface area contributed by atoms with E-state index in [9.17, 15) is 0 Å². The number of benzene rings is 1. The molecule has 2 fully saturated rings. The zero-order valence-electron chi connectivity index (χ0n) is 27.5. The second-order valence-corrected chi connectivity index (χ2v) is 11.9. The lowest BCUT2D eigenvalue weighted by Gasteiger charge is -2.26. The highest BCUT2D eigenvalue weighted by molar-refractivity contribution is 5.27. The molecule has 3 rings (SSSR count). The maximum absolute atomic E-state index is 5.33. The molecule has 0 bridgehead atoms. The summed E-state index contributed by atoms with van der Waals surface area (Å²) in [6.07, 6.45) is 18.0. The molecule has 228 valence electrons. The molecule has 2 heteroatoms. The van der Waals surface area contributed by atoms with Gasteiger partial charge in [0.1, 0.15) is 0 Å². The van der Waals surface area contributed by atoms with Gasteiger partial charge >= 0.3 is 0 Å². The number of morpholine rings is 1. The highest BCUT2D eigenvalue weighted by Gasteiger charge is 2.32. The molecule has 40 heavy (non-hydrogen) atoms. The first-order valence-electron chi connectivity index (χ1n) is 17.0. The van der Waals surface area contributed by atoms with Crippen LogP contribution in [0, 0.1) is 23.7 Å². The van der Waals surface area contributed by atoms with Gasteiger partial charge in [-0.25, -0.2) is 0 Å². The Balaban J connectivity index is 0.000000385. The molecule has 1 saturated heterocycles. The van der Waals surface area contributed by atoms with Crippen LogP contribution in [0.15, 0.2) is 36.4 Å². The zero-order valence-corrected chi connectivity index (χ0v) is 27.5. The number of unbranched alkanes of at least 4 members (excludes halogenated alkanes) is 4. The van der Waals surface area contributed by atoms with Gasteiger partial charge in [0, 0.05) is 19.5 Å². The highest BCUT2D eigenvalue weighted by Crippen LogP contribution is 2.45. The van der Waals surface area contributed by atoms with Gasteiger partial charge in [0.2, 0.25) is 0 Å². The number of aryl methyl sites for hydroxylation is 1. The van der Waals surface area contributed by atoms with Gasteiger partial charge in [-0.05, 0) is 93.7 Å². The van der Waals surface area contributed by atoms with Crippen LogP contribution < -0.4 is 0 Å². The first-order chi connectivity index (χ1) is 19.6. The summed E-state index contributed by atoms with van der Waals surface area (Å²) in [7, 11) is 0. The maximum atomic E-state index is 5.33. The van der Waals surface area contributed by atoms with E-state index in [0.717, 1.165) is 69.7 Å². The van der Waals surface area contributed by atoms with Crippen LogP contribution in [-0.4, -0.2) is 37.7 Å². The minimum atomic E-state index is 0.828. The van der Waals surface area contributed by atoms with E-state index in [1.165, 1.54) is 81.9 Å². The molecule has 0 aromatic heterocycles. The summed E-state index contributed by atoms with van der Waals surface area (Å²) in [6, 6.07) is 9.65. The Kier molecular flexibility index (Phi) is 22.0. The number of hydrogen-bond acceptors (Lipinski definition) is 2. The Bertz CT molecular complexity index is 795. The van der Waals surface area contributed by atoms with Gasteiger partial charge in [0.05, 0.1) is 13.2 Å². The molecule has 1 saturated carbocycles. The molecule has 0 amide bonds. The standard InChI is InChI=1S/C21H34.C15H25NO.C2H6/c1-4-6-7-8-10-18-11-13-19(14-12-18)21-16-17(3)15-20(21)9-5-2;1-3-4-5-6-8-15(2)9-7-10-16-11-13-17-14-12-16;1-2/h11-14,17,20-21H,4-10,15-16H2,1-3H3;2,5-14H2,1H3;1-2H3. The van der Waals surface area contributed by atoms with Gasteiger partial charge in [0.25, 0.3) is 0 Å². The van der Waals surface area contributed by atoms with Gasteiger partial charge in [-0.1, -0.05) is 103 Å². The van der Waals surface area contributed by atoms with E-state index < -0.39 is 0 Å². The fourth-order valence-electron chi connectivity index (χ4n) is 6.24. The molecule has 1 aliphatic carbocycles. The molecular weight excluding hydrogens is 486 g/mol. The summed E-state index contributed by atoms with van der Waals surface area (Å²) < 4.78 is 5.33. The van der Waals surface area contributed by atoms with Crippen molar-refractivity contribution in [3.8, 4) is 11.8 Å². The number of rotatable bonds is 15. The Labute approximate surface area is 250 Å². The van der Waals surface area contributed by atoms with Crippen molar-refractivity contribution in [1.29, 1.82) is 0 Å². The molecule has 0 radical (unpaired) electrons. The molecule has 3 atom stereocenters. The average molecular weight is 552 g/mol. The Hall–Kier alpha value is -1.56. The van der Waals surface area contributed by atoms with E-state index in [4.69, 9.17) is 4.74 Å². The van der Waals surface area contributed by atoms with Gasteiger partial charge in [-0.2, -0.15) is 0 Å². The van der Waals surface area contributed by atoms with Crippen molar-refractivity contribution in [3.05, 3.63) is 47.5 Å². The third-order valence-electron chi connectivity index (χ3n) is 8.43. The lowest BCUT2D eigenvalue weighted by Crippen LogP contribution is -2.36. The molecular formula is C38H65NO. The fourth-order valence-corrected chi connectivity index (χ4v) is 6.24. The molecule has 1 aromatic carbocycles. The topological polar surface area (TPSA) is 12.5 Å². The molecule has 1 aromatic rings. The summed E-state index contributed by atoms with van der Waals surface area (Å²) in [5, 5.41) is 0. The van der Waals surface area contributed by atoms with E-state index in [1.807, 2.05) is 20.8 Å². The Morgan fingerprint density at radius 2 is 1.62 bits per heavy atom. The van der Waals surface area contributed by atoms with Crippen LogP contribution >= 0.6 is 0 Å². The van der Waals surface area contributed by atoms with Gasteiger partial charge in [-0.3, -0.25) is 4.90 Å². The third-order valence-corrected chi connectivity index (χ3v) is 8.43. The zero-order chi connectivity index (χ0) is 29.4. The highest BCUT2D eigenvalue weighted by atomic mass is 16.5. The van der Waals surface area contributed by atoms with Crippen molar-refractivity contribution in [1.82, 2.24) is 4.90 Å². The second-order valence-electron chi connectivity index (χ2n) is 11.9. The molecule has 0 N–H and O–H groups in total. The van der Waals surface area contributed by atoms with Crippen molar-refractivity contribution in [2.24, 2.45) is 11.8 Å².